The zero-order valence-corrected chi connectivity index (χ0v) is 72.6. The van der Waals surface area contributed by atoms with Crippen molar-refractivity contribution < 1.29 is 140 Å². The summed E-state index contributed by atoms with van der Waals surface area (Å²) in [6, 6.07) is 18.5. The normalized spacial score (nSPS) is 25.2. The fourth-order valence-corrected chi connectivity index (χ4v) is 20.5. The number of esters is 1. The van der Waals surface area contributed by atoms with Crippen LogP contribution >= 0.6 is 22.6 Å². The van der Waals surface area contributed by atoms with Gasteiger partial charge in [-0.2, -0.15) is 92.2 Å². The van der Waals surface area contributed by atoms with E-state index < -0.39 is 114 Å². The molecule has 4 unspecified atom stereocenters. The molecule has 4 saturated carbocycles. The van der Waals surface area contributed by atoms with E-state index in [0.29, 0.717) is 97.8 Å². The van der Waals surface area contributed by atoms with Crippen LogP contribution in [-0.4, -0.2) is 139 Å². The number of fused-ring (bicyclic) bond motifs is 8. The number of piperidine rings is 4. The first kappa shape index (κ1) is 104. The molecule has 0 amide bonds. The number of carbonyl (C=O) groups excluding carboxylic acids is 3. The highest BCUT2D eigenvalue weighted by Crippen LogP contribution is 2.51. The predicted octanol–water partition coefficient (Wildman–Crippen LogP) is 26.8. The van der Waals surface area contributed by atoms with Crippen LogP contribution in [0.15, 0.2) is 97.6 Å². The van der Waals surface area contributed by atoms with E-state index in [0.717, 1.165) is 65.1 Å². The Morgan fingerprint density at radius 1 is 0.394 bits per heavy atom. The second kappa shape index (κ2) is 42.6. The first-order valence-electron chi connectivity index (χ1n) is 43.5. The summed E-state index contributed by atoms with van der Waals surface area (Å²) >= 11 is 2.14. The molecule has 8 aromatic rings. The molecular formula is C94H104F21IN6O10. The second-order valence-electron chi connectivity index (χ2n) is 35.4. The number of alkyl halides is 21. The average molecular weight is 2000 g/mol. The van der Waals surface area contributed by atoms with Gasteiger partial charge in [0.2, 0.25) is 0 Å². The van der Waals surface area contributed by atoms with Crippen LogP contribution in [-0.2, 0) is 45.9 Å². The molecule has 8 fully saturated rings. The maximum Gasteiger partial charge on any atom is 0.420 e. The van der Waals surface area contributed by atoms with Crippen LogP contribution < -0.4 is 18.9 Å². The highest BCUT2D eigenvalue weighted by molar-refractivity contribution is 14.1. The number of hydrogen-bond donors (Lipinski definition) is 1. The molecule has 4 atom stereocenters. The van der Waals surface area contributed by atoms with Crippen molar-refractivity contribution in [3.63, 3.8) is 0 Å². The molecule has 16 nitrogen and oxygen atoms in total. The lowest BCUT2D eigenvalue weighted by molar-refractivity contribution is -0.186. The van der Waals surface area contributed by atoms with Crippen LogP contribution in [0.2, 0.25) is 0 Å². The van der Waals surface area contributed by atoms with Gasteiger partial charge in [0.05, 0.1) is 81.0 Å². The van der Waals surface area contributed by atoms with Crippen LogP contribution in [0.3, 0.4) is 0 Å². The molecule has 4 saturated heterocycles. The van der Waals surface area contributed by atoms with Crippen molar-refractivity contribution in [2.45, 2.75) is 307 Å². The van der Waals surface area contributed by atoms with E-state index in [9.17, 15) is 116 Å². The fraction of sp³-hybridized carbons (Fsp3) is 0.574. The summed E-state index contributed by atoms with van der Waals surface area (Å²) in [5.41, 5.74) is -1.35. The number of hydrogen-bond acceptors (Lipinski definition) is 15. The molecule has 1 N–H and O–H groups in total. The van der Waals surface area contributed by atoms with Crippen molar-refractivity contribution in [3.05, 3.63) is 141 Å². The SMILES string of the molecule is C.C.CC(C)OC(=O)C1CC2CCCC(C1)N2Cc1cc2ccc(OC3CCC(C(F)(F)F)CC3)c(C(F)(F)F)c2cn1.O=C(O)C1CC2CCCC(C1)N2Cc1cc2ccc(OC3CCC(C(F)(F)F)CC3)c(C(F)(F)F)c2cn1.O=Cc1cc2ccc(OC3CCC(C(F)(F)F)CC3)c(C(F)(F)F)c2cn1.O=Cc1cc2ccc(OC3CCC(C(F)(F)F)CC3)c(I)c2cn1. The molecule has 16 rings (SSSR count). The zero-order valence-electron chi connectivity index (χ0n) is 70.5. The topological polar surface area (TPSA) is 193 Å². The third-order valence-corrected chi connectivity index (χ3v) is 27.5. The molecule has 4 aliphatic heterocycles. The molecule has 0 spiro atoms. The fourth-order valence-electron chi connectivity index (χ4n) is 19.8. The molecule has 4 aromatic carbocycles. The number of pyridine rings is 4. The Labute approximate surface area is 762 Å². The molecule has 8 heterocycles. The van der Waals surface area contributed by atoms with Crippen LogP contribution in [0, 0.1) is 39.1 Å². The second-order valence-corrected chi connectivity index (χ2v) is 36.5. The first-order chi connectivity index (χ1) is 61.2. The number of carboxylic acids is 1. The lowest BCUT2D eigenvalue weighted by Crippen LogP contribution is -2.53. The lowest BCUT2D eigenvalue weighted by Gasteiger charge is -2.48. The van der Waals surface area contributed by atoms with Gasteiger partial charge in [0.1, 0.15) is 51.1 Å². The van der Waals surface area contributed by atoms with Crippen molar-refractivity contribution in [1.29, 1.82) is 0 Å². The van der Waals surface area contributed by atoms with E-state index in [4.69, 9.17) is 23.7 Å². The highest BCUT2D eigenvalue weighted by atomic mass is 127. The summed E-state index contributed by atoms with van der Waals surface area (Å²) in [6.07, 6.45) is -19.1. The number of aliphatic carboxylic acids is 1. The number of benzene rings is 4. The monoisotopic (exact) mass is 2000 g/mol. The number of halogens is 22. The van der Waals surface area contributed by atoms with E-state index in [-0.39, 0.29) is 198 Å². The number of carbonyl (C=O) groups is 4. The van der Waals surface area contributed by atoms with Crippen molar-refractivity contribution in [3.8, 4) is 23.0 Å². The average Bonchev–Trinajstić information content (AvgIpc) is 0.759. The van der Waals surface area contributed by atoms with Gasteiger partial charge in [0.15, 0.2) is 12.6 Å². The molecule has 4 bridgehead atoms. The van der Waals surface area contributed by atoms with Crippen molar-refractivity contribution in [1.82, 2.24) is 29.7 Å². The van der Waals surface area contributed by atoms with Gasteiger partial charge in [-0.1, -0.05) is 52.0 Å². The molecule has 4 aliphatic carbocycles. The van der Waals surface area contributed by atoms with Gasteiger partial charge >= 0.3 is 55.2 Å². The van der Waals surface area contributed by atoms with Crippen LogP contribution in [0.5, 0.6) is 23.0 Å². The maximum absolute atomic E-state index is 14.3. The van der Waals surface area contributed by atoms with Crippen molar-refractivity contribution >= 4 is 90.2 Å². The first-order valence-corrected chi connectivity index (χ1v) is 44.6. The molecular weight excluding hydrogens is 1900 g/mol. The summed E-state index contributed by atoms with van der Waals surface area (Å²) < 4.78 is 309. The smallest absolute Gasteiger partial charge is 0.420 e. The summed E-state index contributed by atoms with van der Waals surface area (Å²) in [7, 11) is 0. The van der Waals surface area contributed by atoms with Gasteiger partial charge in [-0.05, 0) is 261 Å². The Kier molecular flexibility index (Phi) is 33.5. The number of carboxylic acid groups (broad SMARTS) is 1. The molecule has 4 aromatic heterocycles. The quantitative estimate of drug-likeness (QED) is 0.0391. The van der Waals surface area contributed by atoms with E-state index in [1.165, 1.54) is 42.7 Å². The van der Waals surface area contributed by atoms with Gasteiger partial charge in [-0.25, -0.2) is 0 Å². The Morgan fingerprint density at radius 2 is 0.667 bits per heavy atom. The molecule has 724 valence electrons. The van der Waals surface area contributed by atoms with Crippen LogP contribution in [0.4, 0.5) is 92.2 Å². The summed E-state index contributed by atoms with van der Waals surface area (Å²) in [5.74, 6) is -7.55. The molecule has 0 radical (unpaired) electrons. The van der Waals surface area contributed by atoms with Gasteiger partial charge in [0.25, 0.3) is 0 Å². The minimum atomic E-state index is -4.75. The molecule has 132 heavy (non-hydrogen) atoms. The van der Waals surface area contributed by atoms with Gasteiger partial charge in [0, 0.05) is 83.6 Å². The third kappa shape index (κ3) is 25.7. The summed E-state index contributed by atoms with van der Waals surface area (Å²) in [4.78, 5) is 66.7. The number of aldehydes is 2. The summed E-state index contributed by atoms with van der Waals surface area (Å²) in [6.45, 7) is 4.57. The molecule has 38 heteroatoms. The van der Waals surface area contributed by atoms with Crippen molar-refractivity contribution in [2.24, 2.45) is 35.5 Å². The Morgan fingerprint density at radius 3 is 0.955 bits per heavy atom. The van der Waals surface area contributed by atoms with E-state index in [2.05, 4.69) is 52.3 Å². The van der Waals surface area contributed by atoms with E-state index in [1.54, 1.807) is 36.5 Å². The van der Waals surface area contributed by atoms with Gasteiger partial charge < -0.3 is 28.8 Å². The predicted molar refractivity (Wildman–Crippen MR) is 457 cm³/mol. The van der Waals surface area contributed by atoms with Gasteiger partial charge in [-0.15, -0.1) is 0 Å². The maximum atomic E-state index is 14.3. The lowest BCUT2D eigenvalue weighted by atomic mass is 9.78. The highest BCUT2D eigenvalue weighted by Gasteiger charge is 2.50. The summed E-state index contributed by atoms with van der Waals surface area (Å²) in [5, 5.41) is 11.7. The Balaban J connectivity index is 0.000000173. The van der Waals surface area contributed by atoms with Crippen LogP contribution in [0.1, 0.15) is 245 Å². The minimum Gasteiger partial charge on any atom is -0.490 e. The largest absolute Gasteiger partial charge is 0.490 e. The number of nitrogens with zero attached hydrogens (tertiary/aromatic N) is 6. The van der Waals surface area contributed by atoms with E-state index in [1.807, 2.05) is 19.9 Å². The minimum absolute atomic E-state index is 0. The Bertz CT molecular complexity index is 5260. The van der Waals surface area contributed by atoms with E-state index >= 15 is 0 Å². The Hall–Kier alpha value is -8.82. The third-order valence-electron chi connectivity index (χ3n) is 26.3. The van der Waals surface area contributed by atoms with Crippen LogP contribution in [0.25, 0.3) is 43.1 Å². The van der Waals surface area contributed by atoms with Crippen molar-refractivity contribution in [2.75, 3.05) is 0 Å². The zero-order chi connectivity index (χ0) is 93.9. The number of ether oxygens (including phenoxy) is 5. The number of rotatable bonds is 17. The number of aromatic nitrogens is 4. The van der Waals surface area contributed by atoms with Gasteiger partial charge in [-0.3, -0.25) is 48.9 Å². The molecule has 8 aliphatic rings. The standard InChI is InChI=1S/C30H36F6N2O3.C27H30F6N2O3.C18H15F6NO2.C17H15F3INO2.2CH4/c1-17(2)40-28(39)19-13-22-4-3-5-23(14-19)38(22)16-21-12-18-6-11-26(27(30(34,35)36)25(18)15-37-21)41-24-9-7-20(8-10-24)29(31,32)33;28-26(29,30)17-5-7-21(8-6-17)38-23-9-4-15-10-18(34-13-22(15)24(23)27(31,32)33)14-35-19-2-1-3-20(35)12-16(11-19)25(36)37;19-17(20,21)11-2-4-13(5-3-11)27-15-6-1-10-7-12(9-26)25-8-14(10)16(15)18(22,23)24;18-17(19,20)11-2-4-13(5-3-11)24-15-6-1-10-7-12(9-23)22-8-14(10)16(15)21;;/h6,11-12,15,17,19-20,22-24H,3-5,7-10,13-14,16H2,1-2H3;4,9-10,13,16-17,19-21H,1-3,5-8,11-12,14H2,(H,36,37);1,6-9,11,13H,2-5H2;1,6-9,11,13H,2-5H2;2*1H4.